The molecule has 1 aromatic carbocycles. The van der Waals surface area contributed by atoms with Crippen molar-refractivity contribution in [1.29, 1.82) is 0 Å². The van der Waals surface area contributed by atoms with Gasteiger partial charge < -0.3 is 5.32 Å². The molecule has 0 saturated carbocycles. The van der Waals surface area contributed by atoms with Crippen molar-refractivity contribution in [3.8, 4) is 11.3 Å². The Bertz CT molecular complexity index is 504. The third kappa shape index (κ3) is 3.59. The molecule has 1 saturated heterocycles. The molecule has 1 unspecified atom stereocenters. The average molecular weight is 290 g/mol. The fourth-order valence-corrected chi connectivity index (χ4v) is 4.32. The molecule has 4 heteroatoms. The van der Waals surface area contributed by atoms with E-state index < -0.39 is 0 Å². The van der Waals surface area contributed by atoms with Gasteiger partial charge in [0, 0.05) is 17.5 Å². The minimum Gasteiger partial charge on any atom is -0.310 e. The Hall–Kier alpha value is -0.840. The van der Waals surface area contributed by atoms with Gasteiger partial charge in [0.05, 0.1) is 5.69 Å². The second-order valence-corrected chi connectivity index (χ2v) is 6.95. The van der Waals surface area contributed by atoms with Crippen molar-refractivity contribution in [2.45, 2.75) is 13.0 Å². The lowest BCUT2D eigenvalue weighted by molar-refractivity contribution is 0.523. The molecule has 2 nitrogen and oxygen atoms in total. The minimum atomic E-state index is 0.860. The molecular formula is C15H18N2S2. The minimum absolute atomic E-state index is 0.860. The normalized spacial score (nSPS) is 18.8. The molecule has 19 heavy (non-hydrogen) atoms. The van der Waals surface area contributed by atoms with Gasteiger partial charge in [-0.05, 0) is 30.4 Å². The summed E-state index contributed by atoms with van der Waals surface area (Å²) in [4.78, 5) is 4.70. The molecule has 2 aromatic rings. The van der Waals surface area contributed by atoms with Gasteiger partial charge in [-0.25, -0.2) is 4.98 Å². The third-order valence-corrected chi connectivity index (χ3v) is 5.43. The van der Waals surface area contributed by atoms with E-state index in [-0.39, 0.29) is 0 Å². The van der Waals surface area contributed by atoms with Gasteiger partial charge in [0.15, 0.2) is 0 Å². The predicted octanol–water partition coefficient (Wildman–Crippen LogP) is 3.65. The van der Waals surface area contributed by atoms with Crippen LogP contribution in [0.15, 0.2) is 35.7 Å². The number of hydrogen-bond donors (Lipinski definition) is 1. The molecule has 1 aliphatic rings. The third-order valence-electron chi connectivity index (χ3n) is 3.35. The molecule has 0 amide bonds. The summed E-state index contributed by atoms with van der Waals surface area (Å²) in [5.74, 6) is 3.51. The molecule has 3 rings (SSSR count). The lowest BCUT2D eigenvalue weighted by atomic mass is 10.1. The highest BCUT2D eigenvalue weighted by atomic mass is 32.2. The second-order valence-electron chi connectivity index (χ2n) is 4.85. The number of hydrogen-bond acceptors (Lipinski definition) is 4. The molecule has 2 heterocycles. The van der Waals surface area contributed by atoms with Crippen LogP contribution < -0.4 is 5.32 Å². The molecule has 1 atom stereocenters. The zero-order valence-electron chi connectivity index (χ0n) is 10.8. The van der Waals surface area contributed by atoms with Gasteiger partial charge in [-0.15, -0.1) is 11.3 Å². The Morgan fingerprint density at radius 3 is 2.95 bits per heavy atom. The van der Waals surface area contributed by atoms with Crippen LogP contribution in [0.4, 0.5) is 0 Å². The lowest BCUT2D eigenvalue weighted by Crippen LogP contribution is -2.22. The first-order valence-corrected chi connectivity index (χ1v) is 8.73. The Labute approximate surface area is 122 Å². The summed E-state index contributed by atoms with van der Waals surface area (Å²) in [6.45, 7) is 2.03. The van der Waals surface area contributed by atoms with Crippen molar-refractivity contribution >= 4 is 23.1 Å². The molecule has 100 valence electrons. The van der Waals surface area contributed by atoms with Crippen molar-refractivity contribution in [3.63, 3.8) is 0 Å². The standard InChI is InChI=1S/C15H18N2S2/c1-2-4-13(5-3-1)14-11-19-15(17-14)9-16-8-12-6-7-18-10-12/h1-5,11-12,16H,6-10H2. The zero-order chi connectivity index (χ0) is 12.9. The van der Waals surface area contributed by atoms with Crippen molar-refractivity contribution in [3.05, 3.63) is 40.7 Å². The van der Waals surface area contributed by atoms with Gasteiger partial charge in [0.2, 0.25) is 0 Å². The molecule has 0 spiro atoms. The smallest absolute Gasteiger partial charge is 0.107 e. The number of nitrogens with zero attached hydrogens (tertiary/aromatic N) is 1. The van der Waals surface area contributed by atoms with Crippen LogP contribution in [0.5, 0.6) is 0 Å². The maximum absolute atomic E-state index is 4.70. The number of nitrogens with one attached hydrogen (secondary N) is 1. The lowest BCUT2D eigenvalue weighted by Gasteiger charge is -2.08. The van der Waals surface area contributed by atoms with Crippen LogP contribution in [-0.4, -0.2) is 23.0 Å². The van der Waals surface area contributed by atoms with Crippen LogP contribution in [-0.2, 0) is 6.54 Å². The summed E-state index contributed by atoms with van der Waals surface area (Å²) in [6.07, 6.45) is 1.37. The summed E-state index contributed by atoms with van der Waals surface area (Å²) >= 11 is 3.82. The van der Waals surface area contributed by atoms with Crippen LogP contribution in [0, 0.1) is 5.92 Å². The highest BCUT2D eigenvalue weighted by Crippen LogP contribution is 2.23. The molecule has 1 fully saturated rings. The van der Waals surface area contributed by atoms with E-state index in [0.29, 0.717) is 0 Å². The van der Waals surface area contributed by atoms with E-state index in [4.69, 9.17) is 4.98 Å². The molecule has 0 bridgehead atoms. The molecule has 1 aliphatic heterocycles. The van der Waals surface area contributed by atoms with Gasteiger partial charge in [-0.3, -0.25) is 0 Å². The second kappa shape index (κ2) is 6.55. The maximum Gasteiger partial charge on any atom is 0.107 e. The number of benzene rings is 1. The largest absolute Gasteiger partial charge is 0.310 e. The van der Waals surface area contributed by atoms with Crippen molar-refractivity contribution in [2.24, 2.45) is 5.92 Å². The number of thiazole rings is 1. The van der Waals surface area contributed by atoms with Gasteiger partial charge in [-0.1, -0.05) is 30.3 Å². The molecule has 1 N–H and O–H groups in total. The number of thioether (sulfide) groups is 1. The Morgan fingerprint density at radius 1 is 1.26 bits per heavy atom. The first-order valence-electron chi connectivity index (χ1n) is 6.70. The molecule has 1 aromatic heterocycles. The van der Waals surface area contributed by atoms with Gasteiger partial charge in [-0.2, -0.15) is 11.8 Å². The first kappa shape index (κ1) is 13.2. The summed E-state index contributed by atoms with van der Waals surface area (Å²) < 4.78 is 0. The summed E-state index contributed by atoms with van der Waals surface area (Å²) in [6, 6.07) is 10.4. The average Bonchev–Trinajstić information content (AvgIpc) is 3.11. The van der Waals surface area contributed by atoms with Crippen LogP contribution in [0.2, 0.25) is 0 Å². The predicted molar refractivity (Wildman–Crippen MR) is 84.7 cm³/mol. The maximum atomic E-state index is 4.70. The fourth-order valence-electron chi connectivity index (χ4n) is 2.26. The monoisotopic (exact) mass is 290 g/mol. The topological polar surface area (TPSA) is 24.9 Å². The van der Waals surface area contributed by atoms with Gasteiger partial charge >= 0.3 is 0 Å². The van der Waals surface area contributed by atoms with Crippen LogP contribution >= 0.6 is 23.1 Å². The SMILES string of the molecule is c1ccc(-c2csc(CNCC3CCSC3)n2)cc1. The molecular weight excluding hydrogens is 272 g/mol. The van der Waals surface area contributed by atoms with E-state index in [1.54, 1.807) is 11.3 Å². The Morgan fingerprint density at radius 2 is 2.16 bits per heavy atom. The summed E-state index contributed by atoms with van der Waals surface area (Å²) in [5, 5.41) is 6.88. The highest BCUT2D eigenvalue weighted by molar-refractivity contribution is 7.99. The Kier molecular flexibility index (Phi) is 4.53. The first-order chi connectivity index (χ1) is 9.42. The van der Waals surface area contributed by atoms with E-state index in [1.807, 2.05) is 6.07 Å². The van der Waals surface area contributed by atoms with E-state index >= 15 is 0 Å². The van der Waals surface area contributed by atoms with E-state index in [9.17, 15) is 0 Å². The van der Waals surface area contributed by atoms with E-state index in [2.05, 4.69) is 46.7 Å². The van der Waals surface area contributed by atoms with Crippen molar-refractivity contribution in [1.82, 2.24) is 10.3 Å². The van der Waals surface area contributed by atoms with E-state index in [1.165, 1.54) is 28.5 Å². The van der Waals surface area contributed by atoms with Crippen molar-refractivity contribution < 1.29 is 0 Å². The Balaban J connectivity index is 1.53. The quantitative estimate of drug-likeness (QED) is 0.910. The van der Waals surface area contributed by atoms with E-state index in [0.717, 1.165) is 24.7 Å². The number of rotatable bonds is 5. The zero-order valence-corrected chi connectivity index (χ0v) is 12.5. The summed E-state index contributed by atoms with van der Waals surface area (Å²) in [7, 11) is 0. The summed E-state index contributed by atoms with van der Waals surface area (Å²) in [5.41, 5.74) is 2.30. The molecule has 0 aliphatic carbocycles. The fraction of sp³-hybridized carbons (Fsp3) is 0.400. The highest BCUT2D eigenvalue weighted by Gasteiger charge is 2.14. The van der Waals surface area contributed by atoms with Crippen LogP contribution in [0.1, 0.15) is 11.4 Å². The van der Waals surface area contributed by atoms with Gasteiger partial charge in [0.25, 0.3) is 0 Å². The van der Waals surface area contributed by atoms with Crippen LogP contribution in [0.25, 0.3) is 11.3 Å². The van der Waals surface area contributed by atoms with Crippen LogP contribution in [0.3, 0.4) is 0 Å². The van der Waals surface area contributed by atoms with Crippen molar-refractivity contribution in [2.75, 3.05) is 18.1 Å². The molecule has 0 radical (unpaired) electrons. The van der Waals surface area contributed by atoms with Gasteiger partial charge in [0.1, 0.15) is 5.01 Å². The number of aromatic nitrogens is 1.